The van der Waals surface area contributed by atoms with Crippen molar-refractivity contribution in [3.05, 3.63) is 49.1 Å². The molecular formula is C23H25FN6O. The van der Waals surface area contributed by atoms with Crippen LogP contribution in [0.25, 0.3) is 22.0 Å². The molecule has 2 aromatic heterocycles. The van der Waals surface area contributed by atoms with Crippen molar-refractivity contribution in [2.24, 2.45) is 0 Å². The van der Waals surface area contributed by atoms with Gasteiger partial charge in [-0.3, -0.25) is 15.3 Å². The lowest BCUT2D eigenvalue weighted by Gasteiger charge is -2.39. The van der Waals surface area contributed by atoms with Crippen molar-refractivity contribution < 1.29 is 9.18 Å². The maximum absolute atomic E-state index is 13.0. The van der Waals surface area contributed by atoms with Crippen molar-refractivity contribution >= 4 is 22.6 Å². The Hall–Kier alpha value is -3.13. The zero-order valence-corrected chi connectivity index (χ0v) is 17.2. The average molecular weight is 420 g/mol. The molecule has 160 valence electrons. The molecule has 0 unspecified atom stereocenters. The van der Waals surface area contributed by atoms with E-state index in [2.05, 4.69) is 25.6 Å². The van der Waals surface area contributed by atoms with Gasteiger partial charge in [0.2, 0.25) is 0 Å². The van der Waals surface area contributed by atoms with Crippen LogP contribution < -0.4 is 10.6 Å². The van der Waals surface area contributed by atoms with Crippen molar-refractivity contribution in [2.75, 3.05) is 18.5 Å². The third kappa shape index (κ3) is 4.07. The second-order valence-corrected chi connectivity index (χ2v) is 8.26. The molecular weight excluding hydrogens is 395 g/mol. The molecule has 8 heteroatoms. The summed E-state index contributed by atoms with van der Waals surface area (Å²) in [5.74, 6) is 0.533. The molecule has 5 rings (SSSR count). The third-order valence-corrected chi connectivity index (χ3v) is 6.31. The predicted molar refractivity (Wildman–Crippen MR) is 117 cm³/mol. The first-order chi connectivity index (χ1) is 15.2. The molecule has 2 fully saturated rings. The Morgan fingerprint density at radius 3 is 2.65 bits per heavy atom. The van der Waals surface area contributed by atoms with Crippen LogP contribution in [-0.4, -0.2) is 57.2 Å². The number of rotatable bonds is 5. The van der Waals surface area contributed by atoms with E-state index in [0.29, 0.717) is 12.4 Å². The van der Waals surface area contributed by atoms with Crippen LogP contribution in [0.1, 0.15) is 25.7 Å². The normalized spacial score (nSPS) is 22.6. The largest absolute Gasteiger partial charge is 0.323 e. The van der Waals surface area contributed by atoms with E-state index in [4.69, 9.17) is 0 Å². The van der Waals surface area contributed by atoms with E-state index in [1.807, 2.05) is 29.2 Å². The molecule has 2 aliphatic rings. The van der Waals surface area contributed by atoms with Crippen LogP contribution in [0.2, 0.25) is 0 Å². The standard InChI is InChI=1S/C23H25FN6O/c24-5-6-26-18-11-19-3-4-20(12-18)30(19)23(31)29-22-10-17-9-15(1-2-16(17)13-28-22)21-14-25-7-8-27-21/h1-2,7-10,13-14,18-20,26H,3-6,11-12H2,(H,28,29,31)/t18-,19-,20+. The summed E-state index contributed by atoms with van der Waals surface area (Å²) in [5.41, 5.74) is 1.76. The van der Waals surface area contributed by atoms with Gasteiger partial charge in [0.15, 0.2) is 0 Å². The summed E-state index contributed by atoms with van der Waals surface area (Å²) in [7, 11) is 0. The first-order valence-electron chi connectivity index (χ1n) is 10.8. The van der Waals surface area contributed by atoms with Gasteiger partial charge in [-0.25, -0.2) is 14.2 Å². The summed E-state index contributed by atoms with van der Waals surface area (Å²) in [4.78, 5) is 27.9. The maximum atomic E-state index is 13.0. The number of halogens is 1. The lowest BCUT2D eigenvalue weighted by molar-refractivity contribution is 0.141. The summed E-state index contributed by atoms with van der Waals surface area (Å²) in [6.07, 6.45) is 10.6. The molecule has 3 atom stereocenters. The smallest absolute Gasteiger partial charge is 0.318 e. The van der Waals surface area contributed by atoms with Gasteiger partial charge in [0.25, 0.3) is 0 Å². The summed E-state index contributed by atoms with van der Waals surface area (Å²) in [6, 6.07) is 8.48. The van der Waals surface area contributed by atoms with Gasteiger partial charge in [0.05, 0.1) is 11.9 Å². The van der Waals surface area contributed by atoms with Crippen molar-refractivity contribution in [3.63, 3.8) is 0 Å². The minimum absolute atomic E-state index is 0.103. The first-order valence-corrected chi connectivity index (χ1v) is 10.8. The summed E-state index contributed by atoms with van der Waals surface area (Å²) in [5, 5.41) is 8.22. The number of fused-ring (bicyclic) bond motifs is 3. The van der Waals surface area contributed by atoms with Crippen LogP contribution >= 0.6 is 0 Å². The molecule has 0 spiro atoms. The molecule has 0 aliphatic carbocycles. The number of alkyl halides is 1. The third-order valence-electron chi connectivity index (χ3n) is 6.31. The Kier molecular flexibility index (Phi) is 5.46. The van der Waals surface area contributed by atoms with E-state index >= 15 is 0 Å². The number of pyridine rings is 1. The maximum Gasteiger partial charge on any atom is 0.323 e. The SMILES string of the molecule is O=C(Nc1cc2cc(-c3cnccn3)ccc2cn1)N1[C@@H]2CC[C@H]1C[C@H](NCCF)C2. The van der Waals surface area contributed by atoms with Gasteiger partial charge in [-0.2, -0.15) is 0 Å². The summed E-state index contributed by atoms with van der Waals surface area (Å²) >= 11 is 0. The van der Waals surface area contributed by atoms with Crippen LogP contribution in [0.4, 0.5) is 15.0 Å². The Labute approximate surface area is 180 Å². The number of urea groups is 1. The van der Waals surface area contributed by atoms with Gasteiger partial charge in [0.1, 0.15) is 12.5 Å². The number of aromatic nitrogens is 3. The monoisotopic (exact) mass is 420 g/mol. The summed E-state index contributed by atoms with van der Waals surface area (Å²) in [6.45, 7) is 0.0239. The van der Waals surface area contributed by atoms with E-state index in [0.717, 1.165) is 47.7 Å². The van der Waals surface area contributed by atoms with Gasteiger partial charge < -0.3 is 10.2 Å². The highest BCUT2D eigenvalue weighted by molar-refractivity contribution is 5.93. The van der Waals surface area contributed by atoms with E-state index < -0.39 is 0 Å². The highest BCUT2D eigenvalue weighted by atomic mass is 19.1. The molecule has 7 nitrogen and oxygen atoms in total. The minimum atomic E-state index is -0.359. The van der Waals surface area contributed by atoms with E-state index in [-0.39, 0.29) is 30.8 Å². The molecule has 2 bridgehead atoms. The number of carbonyl (C=O) groups excluding carboxylic acids is 1. The van der Waals surface area contributed by atoms with Gasteiger partial charge in [-0.1, -0.05) is 12.1 Å². The number of carbonyl (C=O) groups is 1. The second-order valence-electron chi connectivity index (χ2n) is 8.26. The van der Waals surface area contributed by atoms with Crippen LogP contribution in [0, 0.1) is 0 Å². The lowest BCUT2D eigenvalue weighted by atomic mass is 9.97. The van der Waals surface area contributed by atoms with Gasteiger partial charge in [-0.05, 0) is 43.2 Å². The zero-order chi connectivity index (χ0) is 21.2. The molecule has 1 aromatic carbocycles. The number of amides is 2. The minimum Gasteiger partial charge on any atom is -0.318 e. The van der Waals surface area contributed by atoms with Crippen molar-refractivity contribution in [1.82, 2.24) is 25.2 Å². The Balaban J connectivity index is 1.32. The molecule has 4 heterocycles. The number of hydrogen-bond donors (Lipinski definition) is 2. The second kappa shape index (κ2) is 8.55. The molecule has 2 saturated heterocycles. The van der Waals surface area contributed by atoms with Crippen molar-refractivity contribution in [3.8, 4) is 11.3 Å². The molecule has 2 amide bonds. The van der Waals surface area contributed by atoms with Crippen LogP contribution in [0.3, 0.4) is 0 Å². The van der Waals surface area contributed by atoms with E-state index in [9.17, 15) is 9.18 Å². The number of nitrogens with one attached hydrogen (secondary N) is 2. The number of benzene rings is 1. The number of anilines is 1. The van der Waals surface area contributed by atoms with E-state index in [1.165, 1.54) is 0 Å². The summed E-state index contributed by atoms with van der Waals surface area (Å²) < 4.78 is 12.5. The Morgan fingerprint density at radius 1 is 1.06 bits per heavy atom. The predicted octanol–water partition coefficient (Wildman–Crippen LogP) is 3.78. The van der Waals surface area contributed by atoms with Crippen LogP contribution in [0.15, 0.2) is 49.1 Å². The average Bonchev–Trinajstić information content (AvgIpc) is 3.08. The number of nitrogens with zero attached hydrogens (tertiary/aromatic N) is 4. The fourth-order valence-corrected chi connectivity index (χ4v) is 4.92. The molecule has 2 aliphatic heterocycles. The first kappa shape index (κ1) is 19.8. The highest BCUT2D eigenvalue weighted by Crippen LogP contribution is 2.36. The Morgan fingerprint density at radius 2 is 1.90 bits per heavy atom. The molecule has 0 radical (unpaired) electrons. The highest BCUT2D eigenvalue weighted by Gasteiger charge is 2.43. The number of hydrogen-bond acceptors (Lipinski definition) is 5. The molecule has 3 aromatic rings. The topological polar surface area (TPSA) is 83.0 Å². The zero-order valence-electron chi connectivity index (χ0n) is 17.2. The van der Waals surface area contributed by atoms with Crippen molar-refractivity contribution in [2.45, 2.75) is 43.8 Å². The van der Waals surface area contributed by atoms with Crippen LogP contribution in [0.5, 0.6) is 0 Å². The molecule has 2 N–H and O–H groups in total. The van der Waals surface area contributed by atoms with Crippen LogP contribution in [-0.2, 0) is 0 Å². The van der Waals surface area contributed by atoms with Gasteiger partial charge in [-0.15, -0.1) is 0 Å². The van der Waals surface area contributed by atoms with Crippen molar-refractivity contribution in [1.29, 1.82) is 0 Å². The Bertz CT molecular complexity index is 1060. The lowest BCUT2D eigenvalue weighted by Crippen LogP contribution is -2.53. The fourth-order valence-electron chi connectivity index (χ4n) is 4.92. The number of piperidine rings is 1. The molecule has 31 heavy (non-hydrogen) atoms. The fraction of sp³-hybridized carbons (Fsp3) is 0.391. The van der Waals surface area contributed by atoms with E-state index in [1.54, 1.807) is 24.8 Å². The van der Waals surface area contributed by atoms with Gasteiger partial charge in [0, 0.05) is 54.2 Å². The van der Waals surface area contributed by atoms with Gasteiger partial charge >= 0.3 is 6.03 Å². The molecule has 0 saturated carbocycles. The quantitative estimate of drug-likeness (QED) is 0.656.